The van der Waals surface area contributed by atoms with Crippen molar-refractivity contribution in [1.29, 1.82) is 0 Å². The van der Waals surface area contributed by atoms with Gasteiger partial charge in [0.15, 0.2) is 5.15 Å². The molecule has 0 aliphatic carbocycles. The molecule has 0 saturated heterocycles. The zero-order valence-corrected chi connectivity index (χ0v) is 30.4. The topological polar surface area (TPSA) is 229 Å². The molecule has 0 bridgehead atoms. The van der Waals surface area contributed by atoms with Crippen LogP contribution in [0, 0.1) is 0 Å². The lowest BCUT2D eigenvalue weighted by Gasteiger charge is -2.14. The SMILES string of the molecule is CCCCc1nc(Cl)c(COC(=O)Oc2cccc(CON(O)O)c2)n1Cc1ccc(-c2ccccc2-c2nnn(C(=O)OCCCCON(O)O)n2)cc1. The summed E-state index contributed by atoms with van der Waals surface area (Å²) in [5.41, 5.74) is 4.21. The van der Waals surface area contributed by atoms with Gasteiger partial charge in [-0.25, -0.2) is 19.4 Å². The number of unbranched alkanes of at least 4 members (excludes halogenated alkanes) is 2. The molecule has 0 saturated carbocycles. The normalized spacial score (nSPS) is 11.3. The van der Waals surface area contributed by atoms with E-state index in [4.69, 9.17) is 46.6 Å². The monoisotopic (exact) mass is 782 g/mol. The molecule has 292 valence electrons. The number of carbonyl (C=O) groups excluding carboxylic acids is 2. The summed E-state index contributed by atoms with van der Waals surface area (Å²) in [4.78, 5) is 39.5. The molecule has 19 nitrogen and oxygen atoms in total. The molecular formula is C35H39ClN8O11. The number of benzene rings is 3. The molecule has 2 aromatic heterocycles. The molecule has 55 heavy (non-hydrogen) atoms. The van der Waals surface area contributed by atoms with Crippen molar-refractivity contribution in [2.24, 2.45) is 0 Å². The van der Waals surface area contributed by atoms with Crippen LogP contribution in [0.3, 0.4) is 0 Å². The molecule has 0 unspecified atom stereocenters. The number of tetrazole rings is 1. The lowest BCUT2D eigenvalue weighted by Crippen LogP contribution is -2.18. The Bertz CT molecular complexity index is 2010. The molecule has 5 aromatic rings. The third-order valence-electron chi connectivity index (χ3n) is 7.95. The Morgan fingerprint density at radius 1 is 0.818 bits per heavy atom. The van der Waals surface area contributed by atoms with Crippen LogP contribution in [-0.4, -0.2) is 86.8 Å². The second-order valence-corrected chi connectivity index (χ2v) is 12.2. The van der Waals surface area contributed by atoms with Gasteiger partial charge in [-0.2, -0.15) is 0 Å². The first kappa shape index (κ1) is 40.8. The average Bonchev–Trinajstić information content (AvgIpc) is 3.78. The Morgan fingerprint density at radius 2 is 1.56 bits per heavy atom. The Balaban J connectivity index is 1.25. The van der Waals surface area contributed by atoms with Crippen molar-refractivity contribution >= 4 is 23.8 Å². The number of nitrogens with zero attached hydrogens (tertiary/aromatic N) is 8. The number of imidazole rings is 1. The van der Waals surface area contributed by atoms with Crippen LogP contribution in [0.2, 0.25) is 5.15 Å². The minimum Gasteiger partial charge on any atom is -0.447 e. The van der Waals surface area contributed by atoms with E-state index in [0.717, 1.165) is 40.2 Å². The van der Waals surface area contributed by atoms with Crippen molar-refractivity contribution in [2.45, 2.75) is 58.8 Å². The predicted molar refractivity (Wildman–Crippen MR) is 188 cm³/mol. The van der Waals surface area contributed by atoms with E-state index >= 15 is 0 Å². The number of ether oxygens (including phenoxy) is 3. The summed E-state index contributed by atoms with van der Waals surface area (Å²) in [6, 6.07) is 21.5. The van der Waals surface area contributed by atoms with Crippen molar-refractivity contribution in [3.63, 3.8) is 0 Å². The smallest absolute Gasteiger partial charge is 0.447 e. The van der Waals surface area contributed by atoms with E-state index < -0.39 is 17.6 Å². The van der Waals surface area contributed by atoms with Gasteiger partial charge >= 0.3 is 12.2 Å². The number of halogens is 1. The van der Waals surface area contributed by atoms with Gasteiger partial charge in [0.2, 0.25) is 5.82 Å². The Labute approximate surface area is 319 Å². The molecule has 5 rings (SSSR count). The van der Waals surface area contributed by atoms with Crippen LogP contribution in [-0.2, 0) is 45.3 Å². The van der Waals surface area contributed by atoms with E-state index in [2.05, 4.69) is 37.0 Å². The lowest BCUT2D eigenvalue weighted by molar-refractivity contribution is -0.497. The van der Waals surface area contributed by atoms with Crippen LogP contribution >= 0.6 is 11.6 Å². The van der Waals surface area contributed by atoms with Crippen LogP contribution < -0.4 is 4.74 Å². The zero-order valence-electron chi connectivity index (χ0n) is 29.6. The van der Waals surface area contributed by atoms with Gasteiger partial charge in [0.05, 0.1) is 36.3 Å². The van der Waals surface area contributed by atoms with Gasteiger partial charge in [0, 0.05) is 18.5 Å². The molecule has 0 radical (unpaired) electrons. The van der Waals surface area contributed by atoms with Gasteiger partial charge < -0.3 is 18.8 Å². The predicted octanol–water partition coefficient (Wildman–Crippen LogP) is 6.25. The number of aromatic nitrogens is 6. The first-order valence-electron chi connectivity index (χ1n) is 17.1. The first-order valence-corrected chi connectivity index (χ1v) is 17.4. The molecule has 3 aromatic carbocycles. The molecule has 0 aliphatic rings. The highest BCUT2D eigenvalue weighted by molar-refractivity contribution is 6.30. The minimum absolute atomic E-state index is 0.0237. The fraction of sp³-hybridized carbons (Fsp3) is 0.314. The molecule has 0 spiro atoms. The number of carbonyl (C=O) groups is 2. The van der Waals surface area contributed by atoms with Gasteiger partial charge in [-0.1, -0.05) is 90.4 Å². The number of rotatable bonds is 19. The Morgan fingerprint density at radius 3 is 2.31 bits per heavy atom. The van der Waals surface area contributed by atoms with E-state index in [9.17, 15) is 9.59 Å². The van der Waals surface area contributed by atoms with Crippen LogP contribution in [0.25, 0.3) is 22.5 Å². The summed E-state index contributed by atoms with van der Waals surface area (Å²) in [5, 5.41) is 46.2. The fourth-order valence-corrected chi connectivity index (χ4v) is 5.56. The standard InChI is InChI=1S/C35H39ClN8O11/c1-2-3-13-31-37-32(36)30(23-52-35(46)55-27-10-8-9-25(20-27)22-54-44(49)50)41(31)21-24-14-16-26(17-15-24)28-11-4-5-12-29(28)33-38-40-42(39-33)34(45)51-18-6-7-19-53-43(47)48/h4-5,8-12,14-17,20,47-50H,2-3,6-7,13,18-19,21-23H2,1H3. The maximum Gasteiger partial charge on any atom is 0.514 e. The summed E-state index contributed by atoms with van der Waals surface area (Å²) in [6.07, 6.45) is 1.49. The maximum absolute atomic E-state index is 12.7. The van der Waals surface area contributed by atoms with Gasteiger partial charge in [0.25, 0.3) is 0 Å². The molecule has 0 amide bonds. The highest BCUT2D eigenvalue weighted by Crippen LogP contribution is 2.31. The van der Waals surface area contributed by atoms with Crippen LogP contribution in [0.5, 0.6) is 5.75 Å². The van der Waals surface area contributed by atoms with Crippen molar-refractivity contribution in [3.05, 3.63) is 101 Å². The van der Waals surface area contributed by atoms with Gasteiger partial charge in [-0.05, 0) is 58.9 Å². The van der Waals surface area contributed by atoms with Crippen molar-refractivity contribution in [3.8, 4) is 28.3 Å². The third kappa shape index (κ3) is 12.1. The second-order valence-electron chi connectivity index (χ2n) is 11.8. The fourth-order valence-electron chi connectivity index (χ4n) is 5.31. The first-order chi connectivity index (χ1) is 26.6. The molecule has 0 aliphatic heterocycles. The van der Waals surface area contributed by atoms with Gasteiger partial charge in [-0.3, -0.25) is 25.7 Å². The summed E-state index contributed by atoms with van der Waals surface area (Å²) in [6.45, 7) is 2.13. The highest BCUT2D eigenvalue weighted by Gasteiger charge is 2.20. The van der Waals surface area contributed by atoms with E-state index in [-0.39, 0.29) is 48.5 Å². The maximum atomic E-state index is 12.7. The molecule has 0 fully saturated rings. The molecule has 0 atom stereocenters. The minimum atomic E-state index is -0.973. The van der Waals surface area contributed by atoms with Crippen molar-refractivity contribution in [1.82, 2.24) is 40.5 Å². The van der Waals surface area contributed by atoms with Crippen LogP contribution in [0.15, 0.2) is 72.8 Å². The van der Waals surface area contributed by atoms with E-state index in [1.165, 1.54) is 12.1 Å². The van der Waals surface area contributed by atoms with Gasteiger partial charge in [-0.15, -0.1) is 10.2 Å². The van der Waals surface area contributed by atoms with Gasteiger partial charge in [0.1, 0.15) is 18.2 Å². The average molecular weight is 783 g/mol. The summed E-state index contributed by atoms with van der Waals surface area (Å²) < 4.78 is 17.9. The number of hydrogen-bond acceptors (Lipinski definition) is 17. The van der Waals surface area contributed by atoms with Crippen LogP contribution in [0.4, 0.5) is 9.59 Å². The van der Waals surface area contributed by atoms with Crippen molar-refractivity contribution < 1.29 is 54.3 Å². The van der Waals surface area contributed by atoms with E-state index in [0.29, 0.717) is 42.6 Å². The van der Waals surface area contributed by atoms with Crippen LogP contribution in [0.1, 0.15) is 55.3 Å². The second kappa shape index (κ2) is 20.4. The quantitative estimate of drug-likeness (QED) is 0.0314. The lowest BCUT2D eigenvalue weighted by atomic mass is 9.98. The molecule has 20 heteroatoms. The van der Waals surface area contributed by atoms with E-state index in [1.54, 1.807) is 12.1 Å². The third-order valence-corrected chi connectivity index (χ3v) is 8.25. The number of hydrogen-bond donors (Lipinski definition) is 4. The largest absolute Gasteiger partial charge is 0.514 e. The zero-order chi connectivity index (χ0) is 39.2. The highest BCUT2D eigenvalue weighted by atomic mass is 35.5. The Kier molecular flexibility index (Phi) is 15.1. The molecule has 2 heterocycles. The van der Waals surface area contributed by atoms with Crippen molar-refractivity contribution in [2.75, 3.05) is 13.2 Å². The van der Waals surface area contributed by atoms with E-state index in [1.807, 2.05) is 53.1 Å². The molecule has 4 N–H and O–H groups in total. The molecular weight excluding hydrogens is 744 g/mol. The number of aryl methyl sites for hydroxylation is 1. The summed E-state index contributed by atoms with van der Waals surface area (Å²) >= 11 is 6.58. The summed E-state index contributed by atoms with van der Waals surface area (Å²) in [7, 11) is 0. The Hall–Kier alpha value is -5.35. The summed E-state index contributed by atoms with van der Waals surface area (Å²) in [5.74, 6) is 1.12.